The summed E-state index contributed by atoms with van der Waals surface area (Å²) >= 11 is 0. The summed E-state index contributed by atoms with van der Waals surface area (Å²) in [5.41, 5.74) is -0.564. The summed E-state index contributed by atoms with van der Waals surface area (Å²) < 4.78 is 5.35. The molecule has 5 heteroatoms. The first-order valence-electron chi connectivity index (χ1n) is 6.51. The average molecular weight is 251 g/mol. The van der Waals surface area contributed by atoms with Gasteiger partial charge < -0.3 is 14.7 Å². The monoisotopic (exact) mass is 251 g/mol. The maximum atomic E-state index is 10.4. The molecule has 100 valence electrons. The van der Waals surface area contributed by atoms with Gasteiger partial charge in [-0.15, -0.1) is 0 Å². The van der Waals surface area contributed by atoms with Gasteiger partial charge in [0.2, 0.25) is 5.88 Å². The van der Waals surface area contributed by atoms with E-state index in [9.17, 15) is 5.11 Å². The van der Waals surface area contributed by atoms with Crippen molar-refractivity contribution >= 4 is 5.82 Å². The average Bonchev–Trinajstić information content (AvgIpc) is 2.76. The highest BCUT2D eigenvalue weighted by molar-refractivity contribution is 5.40. The number of likely N-dealkylation sites (N-methyl/N-ethyl adjacent to an activating group) is 1. The number of aromatic nitrogens is 2. The van der Waals surface area contributed by atoms with Gasteiger partial charge >= 0.3 is 0 Å². The SMILES string of the molecule is CCOc1cc(N(C)CC2(O)CCCC2)ncn1. The molecule has 1 N–H and O–H groups in total. The second-order valence-electron chi connectivity index (χ2n) is 4.93. The van der Waals surface area contributed by atoms with Gasteiger partial charge in [-0.3, -0.25) is 0 Å². The normalized spacial score (nSPS) is 17.7. The third kappa shape index (κ3) is 3.10. The molecular formula is C13H21N3O2. The van der Waals surface area contributed by atoms with Gasteiger partial charge in [0.15, 0.2) is 0 Å². The Balaban J connectivity index is 2.03. The maximum absolute atomic E-state index is 10.4. The van der Waals surface area contributed by atoms with Crippen LogP contribution in [0.5, 0.6) is 5.88 Å². The fourth-order valence-electron chi connectivity index (χ4n) is 2.48. The Morgan fingerprint density at radius 1 is 1.39 bits per heavy atom. The summed E-state index contributed by atoms with van der Waals surface area (Å²) in [4.78, 5) is 10.2. The number of anilines is 1. The Kier molecular flexibility index (Phi) is 4.01. The number of hydrogen-bond donors (Lipinski definition) is 1. The van der Waals surface area contributed by atoms with Crippen molar-refractivity contribution < 1.29 is 9.84 Å². The number of hydrogen-bond acceptors (Lipinski definition) is 5. The Bertz CT molecular complexity index is 392. The van der Waals surface area contributed by atoms with Crippen molar-refractivity contribution in [3.05, 3.63) is 12.4 Å². The van der Waals surface area contributed by atoms with E-state index in [4.69, 9.17) is 4.74 Å². The molecule has 5 nitrogen and oxygen atoms in total. The highest BCUT2D eigenvalue weighted by atomic mass is 16.5. The Morgan fingerprint density at radius 3 is 2.78 bits per heavy atom. The Hall–Kier alpha value is -1.36. The molecule has 1 aliphatic carbocycles. The number of rotatable bonds is 5. The molecule has 1 heterocycles. The fraction of sp³-hybridized carbons (Fsp3) is 0.692. The zero-order chi connectivity index (χ0) is 13.0. The van der Waals surface area contributed by atoms with Gasteiger partial charge in [-0.05, 0) is 19.8 Å². The van der Waals surface area contributed by atoms with Gasteiger partial charge in [0.25, 0.3) is 0 Å². The van der Waals surface area contributed by atoms with Crippen LogP contribution in [-0.4, -0.2) is 40.9 Å². The summed E-state index contributed by atoms with van der Waals surface area (Å²) in [6, 6.07) is 1.81. The molecule has 1 fully saturated rings. The van der Waals surface area contributed by atoms with Gasteiger partial charge in [0.1, 0.15) is 12.1 Å². The van der Waals surface area contributed by atoms with Crippen molar-refractivity contribution in [2.75, 3.05) is 25.1 Å². The maximum Gasteiger partial charge on any atom is 0.218 e. The third-order valence-electron chi connectivity index (χ3n) is 3.38. The molecule has 0 atom stereocenters. The predicted molar refractivity (Wildman–Crippen MR) is 69.9 cm³/mol. The molecule has 0 radical (unpaired) electrons. The third-order valence-corrected chi connectivity index (χ3v) is 3.38. The van der Waals surface area contributed by atoms with Crippen molar-refractivity contribution in [2.24, 2.45) is 0 Å². The van der Waals surface area contributed by atoms with Crippen LogP contribution in [0.3, 0.4) is 0 Å². The van der Waals surface area contributed by atoms with Crippen molar-refractivity contribution in [1.29, 1.82) is 0 Å². The number of nitrogens with zero attached hydrogens (tertiary/aromatic N) is 3. The first-order chi connectivity index (χ1) is 8.63. The second kappa shape index (κ2) is 5.52. The standard InChI is InChI=1S/C13H21N3O2/c1-3-18-12-8-11(14-10-15-12)16(2)9-13(17)6-4-5-7-13/h8,10,17H,3-7,9H2,1-2H3. The van der Waals surface area contributed by atoms with Crippen LogP contribution in [0, 0.1) is 0 Å². The van der Waals surface area contributed by atoms with E-state index in [0.717, 1.165) is 31.5 Å². The van der Waals surface area contributed by atoms with Gasteiger partial charge in [-0.25, -0.2) is 9.97 Å². The van der Waals surface area contributed by atoms with Crippen LogP contribution >= 0.6 is 0 Å². The first-order valence-corrected chi connectivity index (χ1v) is 6.51. The molecule has 2 rings (SSSR count). The van der Waals surface area contributed by atoms with Gasteiger partial charge in [-0.2, -0.15) is 0 Å². The highest BCUT2D eigenvalue weighted by Gasteiger charge is 2.32. The molecule has 0 spiro atoms. The summed E-state index contributed by atoms with van der Waals surface area (Å²) in [6.45, 7) is 3.12. The Labute approximate surface area is 108 Å². The molecule has 0 aliphatic heterocycles. The smallest absolute Gasteiger partial charge is 0.218 e. The van der Waals surface area contributed by atoms with Gasteiger partial charge in [-0.1, -0.05) is 12.8 Å². The van der Waals surface area contributed by atoms with Crippen LogP contribution in [0.25, 0.3) is 0 Å². The van der Waals surface area contributed by atoms with E-state index in [1.807, 2.05) is 24.9 Å². The minimum Gasteiger partial charge on any atom is -0.478 e. The van der Waals surface area contributed by atoms with Crippen LogP contribution in [-0.2, 0) is 0 Å². The zero-order valence-electron chi connectivity index (χ0n) is 11.1. The molecule has 18 heavy (non-hydrogen) atoms. The molecule has 0 saturated heterocycles. The summed E-state index contributed by atoms with van der Waals surface area (Å²) in [6.07, 6.45) is 5.47. The lowest BCUT2D eigenvalue weighted by Gasteiger charge is -2.29. The lowest BCUT2D eigenvalue weighted by atomic mass is 10.0. The minimum atomic E-state index is -0.564. The second-order valence-corrected chi connectivity index (χ2v) is 4.93. The van der Waals surface area contributed by atoms with E-state index in [-0.39, 0.29) is 0 Å². The lowest BCUT2D eigenvalue weighted by Crippen LogP contribution is -2.39. The predicted octanol–water partition coefficient (Wildman–Crippen LogP) is 1.62. The van der Waals surface area contributed by atoms with Crippen molar-refractivity contribution in [1.82, 2.24) is 9.97 Å². The van der Waals surface area contributed by atoms with Crippen LogP contribution in [0.15, 0.2) is 12.4 Å². The first kappa shape index (κ1) is 13.1. The Morgan fingerprint density at radius 2 is 2.11 bits per heavy atom. The quantitative estimate of drug-likeness (QED) is 0.861. The van der Waals surface area contributed by atoms with Gasteiger partial charge in [0, 0.05) is 19.7 Å². The summed E-state index contributed by atoms with van der Waals surface area (Å²) in [5.74, 6) is 1.36. The number of aliphatic hydroxyl groups is 1. The molecule has 0 bridgehead atoms. The van der Waals surface area contributed by atoms with Crippen molar-refractivity contribution in [3.63, 3.8) is 0 Å². The fourth-order valence-corrected chi connectivity index (χ4v) is 2.48. The van der Waals surface area contributed by atoms with Crippen molar-refractivity contribution in [3.8, 4) is 5.88 Å². The van der Waals surface area contributed by atoms with E-state index in [0.29, 0.717) is 19.0 Å². The number of ether oxygens (including phenoxy) is 1. The molecular weight excluding hydrogens is 230 g/mol. The molecule has 0 aromatic carbocycles. The van der Waals surface area contributed by atoms with Gasteiger partial charge in [0.05, 0.1) is 12.2 Å². The summed E-state index contributed by atoms with van der Waals surface area (Å²) in [7, 11) is 1.94. The zero-order valence-corrected chi connectivity index (χ0v) is 11.1. The van der Waals surface area contributed by atoms with Crippen molar-refractivity contribution in [2.45, 2.75) is 38.2 Å². The highest BCUT2D eigenvalue weighted by Crippen LogP contribution is 2.31. The van der Waals surface area contributed by atoms with Crippen LogP contribution in [0.4, 0.5) is 5.82 Å². The largest absolute Gasteiger partial charge is 0.478 e. The van der Waals surface area contributed by atoms with E-state index < -0.39 is 5.60 Å². The molecule has 1 aromatic heterocycles. The molecule has 1 aliphatic rings. The van der Waals surface area contributed by atoms with E-state index in [1.54, 1.807) is 0 Å². The van der Waals surface area contributed by atoms with Crippen LogP contribution in [0.1, 0.15) is 32.6 Å². The molecule has 0 unspecified atom stereocenters. The molecule has 0 amide bonds. The topological polar surface area (TPSA) is 58.5 Å². The molecule has 1 aromatic rings. The summed E-state index contributed by atoms with van der Waals surface area (Å²) in [5, 5.41) is 10.4. The van der Waals surface area contributed by atoms with Crippen LogP contribution in [0.2, 0.25) is 0 Å². The van der Waals surface area contributed by atoms with E-state index >= 15 is 0 Å². The lowest BCUT2D eigenvalue weighted by molar-refractivity contribution is 0.0557. The van der Waals surface area contributed by atoms with E-state index in [1.165, 1.54) is 6.33 Å². The van der Waals surface area contributed by atoms with Crippen LogP contribution < -0.4 is 9.64 Å². The minimum absolute atomic E-state index is 0.564. The van der Waals surface area contributed by atoms with E-state index in [2.05, 4.69) is 9.97 Å². The molecule has 1 saturated carbocycles.